The van der Waals surface area contributed by atoms with E-state index >= 15 is 0 Å². The number of nitrogens with one attached hydrogen (secondary N) is 1. The molecule has 0 saturated carbocycles. The van der Waals surface area contributed by atoms with Gasteiger partial charge in [0, 0.05) is 23.7 Å². The van der Waals surface area contributed by atoms with E-state index in [2.05, 4.69) is 34.7 Å². The summed E-state index contributed by atoms with van der Waals surface area (Å²) in [6.07, 6.45) is 2.36. The molecule has 0 aromatic carbocycles. The van der Waals surface area contributed by atoms with E-state index in [1.54, 1.807) is 0 Å². The van der Waals surface area contributed by atoms with Gasteiger partial charge in [-0.25, -0.2) is 0 Å². The molecule has 0 radical (unpaired) electrons. The predicted molar refractivity (Wildman–Crippen MR) is 59.1 cm³/mol. The van der Waals surface area contributed by atoms with Crippen LogP contribution in [0.2, 0.25) is 0 Å². The molecular formula is C10H18BrNO. The summed E-state index contributed by atoms with van der Waals surface area (Å²) in [5.74, 6) is 0.692. The van der Waals surface area contributed by atoms with Crippen LogP contribution in [0.15, 0.2) is 11.1 Å². The van der Waals surface area contributed by atoms with Gasteiger partial charge in [0.05, 0.1) is 6.61 Å². The Morgan fingerprint density at radius 3 is 3.00 bits per heavy atom. The molecule has 1 saturated heterocycles. The Morgan fingerprint density at radius 1 is 1.77 bits per heavy atom. The summed E-state index contributed by atoms with van der Waals surface area (Å²) < 4.78 is 6.39. The van der Waals surface area contributed by atoms with E-state index in [4.69, 9.17) is 4.74 Å². The molecule has 1 fully saturated rings. The molecule has 1 N–H and O–H groups in total. The summed E-state index contributed by atoms with van der Waals surface area (Å²) in [6.45, 7) is 8.73. The Kier molecular flexibility index (Phi) is 4.99. The monoisotopic (exact) mass is 247 g/mol. The van der Waals surface area contributed by atoms with Crippen LogP contribution in [0.4, 0.5) is 0 Å². The van der Waals surface area contributed by atoms with Crippen LogP contribution in [0.25, 0.3) is 0 Å². The number of halogens is 1. The van der Waals surface area contributed by atoms with Crippen molar-refractivity contribution in [3.63, 3.8) is 0 Å². The van der Waals surface area contributed by atoms with Crippen molar-refractivity contribution in [1.29, 1.82) is 0 Å². The van der Waals surface area contributed by atoms with Crippen LogP contribution >= 0.6 is 15.9 Å². The molecule has 13 heavy (non-hydrogen) atoms. The summed E-state index contributed by atoms with van der Waals surface area (Å²) >= 11 is 3.35. The SMILES string of the molecule is C=C(Br)CNC(CC)C1CCOC1. The second-order valence-corrected chi connectivity index (χ2v) is 4.66. The van der Waals surface area contributed by atoms with Gasteiger partial charge in [-0.2, -0.15) is 0 Å². The van der Waals surface area contributed by atoms with Crippen LogP contribution in [-0.2, 0) is 4.74 Å². The van der Waals surface area contributed by atoms with Gasteiger partial charge in [-0.05, 0) is 18.8 Å². The normalized spacial score (nSPS) is 24.6. The minimum absolute atomic E-state index is 0.580. The van der Waals surface area contributed by atoms with Gasteiger partial charge in [0.2, 0.25) is 0 Å². The van der Waals surface area contributed by atoms with Crippen molar-refractivity contribution >= 4 is 15.9 Å². The molecule has 2 unspecified atom stereocenters. The maximum absolute atomic E-state index is 5.37. The van der Waals surface area contributed by atoms with Crippen molar-refractivity contribution in [2.24, 2.45) is 5.92 Å². The van der Waals surface area contributed by atoms with Crippen molar-refractivity contribution in [1.82, 2.24) is 5.32 Å². The lowest BCUT2D eigenvalue weighted by molar-refractivity contribution is 0.176. The lowest BCUT2D eigenvalue weighted by Gasteiger charge is -2.22. The fourth-order valence-electron chi connectivity index (χ4n) is 1.76. The molecule has 0 bridgehead atoms. The van der Waals surface area contributed by atoms with Crippen LogP contribution in [0.1, 0.15) is 19.8 Å². The molecular weight excluding hydrogens is 230 g/mol. The molecule has 76 valence electrons. The van der Waals surface area contributed by atoms with E-state index in [-0.39, 0.29) is 0 Å². The third-order valence-corrected chi connectivity index (χ3v) is 2.81. The Morgan fingerprint density at radius 2 is 2.54 bits per heavy atom. The van der Waals surface area contributed by atoms with Crippen LogP contribution < -0.4 is 5.32 Å². The van der Waals surface area contributed by atoms with E-state index in [0.29, 0.717) is 12.0 Å². The Hall–Kier alpha value is 0.140. The molecule has 1 aliphatic heterocycles. The van der Waals surface area contributed by atoms with Gasteiger partial charge < -0.3 is 10.1 Å². The Balaban J connectivity index is 2.28. The highest BCUT2D eigenvalue weighted by Gasteiger charge is 2.23. The van der Waals surface area contributed by atoms with E-state index in [0.717, 1.165) is 30.7 Å². The summed E-state index contributed by atoms with van der Waals surface area (Å²) in [6, 6.07) is 0.580. The summed E-state index contributed by atoms with van der Waals surface area (Å²) in [5.41, 5.74) is 0. The summed E-state index contributed by atoms with van der Waals surface area (Å²) in [4.78, 5) is 0. The van der Waals surface area contributed by atoms with Gasteiger partial charge in [0.15, 0.2) is 0 Å². The molecule has 1 aliphatic rings. The summed E-state index contributed by atoms with van der Waals surface area (Å²) in [7, 11) is 0. The van der Waals surface area contributed by atoms with Gasteiger partial charge in [0.1, 0.15) is 0 Å². The first-order chi connectivity index (χ1) is 6.24. The quantitative estimate of drug-likeness (QED) is 0.806. The highest BCUT2D eigenvalue weighted by Crippen LogP contribution is 2.19. The molecule has 2 nitrogen and oxygen atoms in total. The van der Waals surface area contributed by atoms with Crippen LogP contribution in [0.3, 0.4) is 0 Å². The minimum Gasteiger partial charge on any atom is -0.381 e. The molecule has 0 spiro atoms. The number of hydrogen-bond donors (Lipinski definition) is 1. The molecule has 2 atom stereocenters. The molecule has 3 heteroatoms. The third-order valence-electron chi connectivity index (χ3n) is 2.53. The van der Waals surface area contributed by atoms with Crippen LogP contribution in [0, 0.1) is 5.92 Å². The zero-order valence-electron chi connectivity index (χ0n) is 8.18. The predicted octanol–water partition coefficient (Wildman–Crippen LogP) is 2.30. The van der Waals surface area contributed by atoms with Crippen molar-refractivity contribution in [3.05, 3.63) is 11.1 Å². The second-order valence-electron chi connectivity index (χ2n) is 3.54. The second kappa shape index (κ2) is 5.78. The highest BCUT2D eigenvalue weighted by molar-refractivity contribution is 9.11. The number of ether oxygens (including phenoxy) is 1. The first kappa shape index (κ1) is 11.2. The van der Waals surface area contributed by atoms with Gasteiger partial charge in [-0.1, -0.05) is 29.4 Å². The fraction of sp³-hybridized carbons (Fsp3) is 0.800. The van der Waals surface area contributed by atoms with Crippen LogP contribution in [-0.4, -0.2) is 25.8 Å². The van der Waals surface area contributed by atoms with Crippen molar-refractivity contribution < 1.29 is 4.74 Å². The van der Waals surface area contributed by atoms with Crippen LogP contribution in [0.5, 0.6) is 0 Å². The van der Waals surface area contributed by atoms with E-state index in [1.165, 1.54) is 6.42 Å². The van der Waals surface area contributed by atoms with Gasteiger partial charge in [-0.3, -0.25) is 0 Å². The molecule has 0 amide bonds. The van der Waals surface area contributed by atoms with Crippen molar-refractivity contribution in [2.45, 2.75) is 25.8 Å². The average Bonchev–Trinajstić information content (AvgIpc) is 2.58. The maximum Gasteiger partial charge on any atom is 0.0510 e. The van der Waals surface area contributed by atoms with E-state index in [9.17, 15) is 0 Å². The highest BCUT2D eigenvalue weighted by atomic mass is 79.9. The first-order valence-electron chi connectivity index (χ1n) is 4.88. The molecule has 1 heterocycles. The van der Waals surface area contributed by atoms with Crippen molar-refractivity contribution in [3.8, 4) is 0 Å². The van der Waals surface area contributed by atoms with E-state index in [1.807, 2.05) is 0 Å². The smallest absolute Gasteiger partial charge is 0.0510 e. The molecule has 0 aliphatic carbocycles. The number of hydrogen-bond acceptors (Lipinski definition) is 2. The summed E-state index contributed by atoms with van der Waals surface area (Å²) in [5, 5.41) is 3.48. The molecule has 0 aromatic rings. The van der Waals surface area contributed by atoms with Gasteiger partial charge in [0.25, 0.3) is 0 Å². The topological polar surface area (TPSA) is 21.3 Å². The Labute approximate surface area is 88.9 Å². The maximum atomic E-state index is 5.37. The molecule has 1 rings (SSSR count). The Bertz CT molecular complexity index is 166. The zero-order valence-corrected chi connectivity index (χ0v) is 9.77. The number of rotatable bonds is 5. The van der Waals surface area contributed by atoms with Crippen molar-refractivity contribution in [2.75, 3.05) is 19.8 Å². The average molecular weight is 248 g/mol. The minimum atomic E-state index is 0.580. The largest absolute Gasteiger partial charge is 0.381 e. The standard InChI is InChI=1S/C10H18BrNO/c1-3-10(12-6-8(2)11)9-4-5-13-7-9/h9-10,12H,2-7H2,1H3. The first-order valence-corrected chi connectivity index (χ1v) is 5.67. The van der Waals surface area contributed by atoms with E-state index < -0.39 is 0 Å². The fourth-order valence-corrected chi connectivity index (χ4v) is 1.92. The van der Waals surface area contributed by atoms with Gasteiger partial charge >= 0.3 is 0 Å². The lowest BCUT2D eigenvalue weighted by Crippen LogP contribution is -2.36. The zero-order chi connectivity index (χ0) is 9.68. The van der Waals surface area contributed by atoms with Gasteiger partial charge in [-0.15, -0.1) is 0 Å². The third kappa shape index (κ3) is 3.79. The molecule has 0 aromatic heterocycles. The lowest BCUT2D eigenvalue weighted by atomic mass is 9.97.